The Labute approximate surface area is 192 Å². The predicted octanol–water partition coefficient (Wildman–Crippen LogP) is 4.89. The number of nitrogens with zero attached hydrogens (tertiary/aromatic N) is 2. The fraction of sp³-hybridized carbons (Fsp3) is 0.304. The van der Waals surface area contributed by atoms with E-state index in [1.54, 1.807) is 28.5 Å². The molecule has 2 aromatic carbocycles. The van der Waals surface area contributed by atoms with E-state index < -0.39 is 11.7 Å². The molecule has 0 aliphatic carbocycles. The molecule has 4 rings (SSSR count). The second kappa shape index (κ2) is 9.80. The lowest BCUT2D eigenvalue weighted by molar-refractivity contribution is -0.137. The second-order valence-corrected chi connectivity index (χ2v) is 8.15. The molecular weight excluding hydrogens is 457 g/mol. The summed E-state index contributed by atoms with van der Waals surface area (Å²) in [6.07, 6.45) is -4.37. The zero-order chi connectivity index (χ0) is 23.4. The Hall–Kier alpha value is -3.11. The lowest BCUT2D eigenvalue weighted by Crippen LogP contribution is -2.40. The number of ether oxygens (including phenoxy) is 3. The van der Waals surface area contributed by atoms with Gasteiger partial charge in [-0.3, -0.25) is 4.79 Å². The van der Waals surface area contributed by atoms with Crippen LogP contribution >= 0.6 is 11.3 Å². The first-order valence-corrected chi connectivity index (χ1v) is 11.0. The molecule has 0 unspecified atom stereocenters. The fourth-order valence-electron chi connectivity index (χ4n) is 3.30. The number of alkyl halides is 3. The maximum atomic E-state index is 12.7. The van der Waals surface area contributed by atoms with Gasteiger partial charge in [0.2, 0.25) is 0 Å². The van der Waals surface area contributed by atoms with Crippen molar-refractivity contribution in [3.05, 3.63) is 64.7 Å². The van der Waals surface area contributed by atoms with Crippen LogP contribution in [0, 0.1) is 0 Å². The first kappa shape index (κ1) is 23.1. The van der Waals surface area contributed by atoms with Gasteiger partial charge in [0, 0.05) is 24.0 Å². The summed E-state index contributed by atoms with van der Waals surface area (Å²) in [4.78, 5) is 18.8. The summed E-state index contributed by atoms with van der Waals surface area (Å²) >= 11 is 1.36. The monoisotopic (exact) mass is 478 g/mol. The summed E-state index contributed by atoms with van der Waals surface area (Å²) in [6.45, 7) is 2.22. The summed E-state index contributed by atoms with van der Waals surface area (Å²) in [6, 6.07) is 10.1. The molecule has 33 heavy (non-hydrogen) atoms. The normalized spacial score (nSPS) is 14.2. The van der Waals surface area contributed by atoms with Crippen LogP contribution in [-0.4, -0.2) is 49.2 Å². The number of thiazole rings is 1. The van der Waals surface area contributed by atoms with Gasteiger partial charge in [0.05, 0.1) is 25.9 Å². The van der Waals surface area contributed by atoms with Crippen LogP contribution in [0.4, 0.5) is 13.2 Å². The first-order valence-electron chi connectivity index (χ1n) is 10.1. The van der Waals surface area contributed by atoms with Gasteiger partial charge >= 0.3 is 6.18 Å². The minimum Gasteiger partial charge on any atom is -0.493 e. The lowest BCUT2D eigenvalue weighted by Gasteiger charge is -2.25. The number of amides is 1. The summed E-state index contributed by atoms with van der Waals surface area (Å²) in [5.41, 5.74) is 1.04. The number of carbonyl (C=O) groups is 1. The van der Waals surface area contributed by atoms with Crippen molar-refractivity contribution in [2.45, 2.75) is 12.8 Å². The number of methoxy groups -OCH3 is 1. The highest BCUT2D eigenvalue weighted by molar-refractivity contribution is 7.13. The number of halogens is 3. The Kier molecular flexibility index (Phi) is 6.85. The van der Waals surface area contributed by atoms with Gasteiger partial charge in [-0.1, -0.05) is 12.1 Å². The Morgan fingerprint density at radius 3 is 2.52 bits per heavy atom. The van der Waals surface area contributed by atoms with Crippen molar-refractivity contribution in [2.24, 2.45) is 0 Å². The highest BCUT2D eigenvalue weighted by Crippen LogP contribution is 2.35. The fourth-order valence-corrected chi connectivity index (χ4v) is 4.09. The largest absolute Gasteiger partial charge is 0.493 e. The third kappa shape index (κ3) is 5.45. The van der Waals surface area contributed by atoms with Gasteiger partial charge in [-0.2, -0.15) is 13.2 Å². The van der Waals surface area contributed by atoms with Crippen LogP contribution in [0.15, 0.2) is 47.8 Å². The molecule has 2 heterocycles. The van der Waals surface area contributed by atoms with Gasteiger partial charge in [0.25, 0.3) is 5.91 Å². The maximum absolute atomic E-state index is 12.7. The summed E-state index contributed by atoms with van der Waals surface area (Å²) in [5.74, 6) is 0.780. The van der Waals surface area contributed by atoms with Gasteiger partial charge in [-0.25, -0.2) is 4.98 Å². The Bertz CT molecular complexity index is 1110. The molecule has 0 saturated carbocycles. The molecule has 0 radical (unpaired) electrons. The summed E-state index contributed by atoms with van der Waals surface area (Å²) in [5, 5.41) is 2.40. The predicted molar refractivity (Wildman–Crippen MR) is 117 cm³/mol. The molecule has 1 amide bonds. The van der Waals surface area contributed by atoms with Crippen LogP contribution in [0.5, 0.6) is 11.5 Å². The Balaban J connectivity index is 1.45. The van der Waals surface area contributed by atoms with E-state index >= 15 is 0 Å². The first-order chi connectivity index (χ1) is 15.8. The van der Waals surface area contributed by atoms with Crippen LogP contribution in [0.3, 0.4) is 0 Å². The molecule has 0 spiro atoms. The number of aromatic nitrogens is 1. The van der Waals surface area contributed by atoms with Gasteiger partial charge in [-0.15, -0.1) is 11.3 Å². The van der Waals surface area contributed by atoms with E-state index in [-0.39, 0.29) is 12.5 Å². The maximum Gasteiger partial charge on any atom is 0.416 e. The molecule has 1 fully saturated rings. The highest BCUT2D eigenvalue weighted by atomic mass is 32.1. The van der Waals surface area contributed by atoms with Gasteiger partial charge in [-0.05, 0) is 35.9 Å². The van der Waals surface area contributed by atoms with Gasteiger partial charge in [0.1, 0.15) is 17.3 Å². The number of rotatable bonds is 6. The van der Waals surface area contributed by atoms with Crippen molar-refractivity contribution >= 4 is 17.2 Å². The van der Waals surface area contributed by atoms with Crippen molar-refractivity contribution in [3.63, 3.8) is 0 Å². The van der Waals surface area contributed by atoms with E-state index in [9.17, 15) is 18.0 Å². The number of hydrogen-bond acceptors (Lipinski definition) is 6. The topological polar surface area (TPSA) is 60.9 Å². The van der Waals surface area contributed by atoms with E-state index in [0.29, 0.717) is 54.1 Å². The minimum atomic E-state index is -4.37. The molecule has 1 aromatic heterocycles. The molecule has 0 N–H and O–H groups in total. The van der Waals surface area contributed by atoms with Crippen molar-refractivity contribution in [3.8, 4) is 22.1 Å². The van der Waals surface area contributed by atoms with E-state index in [1.807, 2.05) is 0 Å². The number of benzene rings is 2. The van der Waals surface area contributed by atoms with Crippen LogP contribution < -0.4 is 9.47 Å². The molecule has 0 atom stereocenters. The SMILES string of the molecule is COc1cc(-c2nc(C(=O)N3CCOCC3)cs2)ccc1OCc1ccc(C(F)(F)F)cc1. The van der Waals surface area contributed by atoms with Crippen molar-refractivity contribution < 1.29 is 32.2 Å². The van der Waals surface area contributed by atoms with E-state index in [4.69, 9.17) is 14.2 Å². The van der Waals surface area contributed by atoms with Crippen molar-refractivity contribution in [2.75, 3.05) is 33.4 Å². The molecule has 174 valence electrons. The van der Waals surface area contributed by atoms with Crippen LogP contribution in [0.25, 0.3) is 10.6 Å². The van der Waals surface area contributed by atoms with Crippen LogP contribution in [-0.2, 0) is 17.5 Å². The smallest absolute Gasteiger partial charge is 0.416 e. The van der Waals surface area contributed by atoms with Crippen molar-refractivity contribution in [1.29, 1.82) is 0 Å². The third-order valence-electron chi connectivity index (χ3n) is 5.11. The quantitative estimate of drug-likeness (QED) is 0.505. The summed E-state index contributed by atoms with van der Waals surface area (Å²) in [7, 11) is 1.50. The third-order valence-corrected chi connectivity index (χ3v) is 6.00. The van der Waals surface area contributed by atoms with Crippen LogP contribution in [0.1, 0.15) is 21.6 Å². The number of carbonyl (C=O) groups excluding carboxylic acids is 1. The van der Waals surface area contributed by atoms with Crippen LogP contribution in [0.2, 0.25) is 0 Å². The number of morpholine rings is 1. The summed E-state index contributed by atoms with van der Waals surface area (Å²) < 4.78 is 54.6. The van der Waals surface area contributed by atoms with E-state index in [0.717, 1.165) is 17.7 Å². The van der Waals surface area contributed by atoms with Crippen molar-refractivity contribution in [1.82, 2.24) is 9.88 Å². The number of hydrogen-bond donors (Lipinski definition) is 0. The molecule has 10 heteroatoms. The standard InChI is InChI=1S/C23H21F3N2O4S/c1-30-20-12-16(21-27-18(14-33-21)22(29)28-8-10-31-11-9-28)4-7-19(20)32-13-15-2-5-17(6-3-15)23(24,25)26/h2-7,12,14H,8-11,13H2,1H3. The second-order valence-electron chi connectivity index (χ2n) is 7.29. The molecular formula is C23H21F3N2O4S. The average Bonchev–Trinajstić information content (AvgIpc) is 3.33. The molecule has 6 nitrogen and oxygen atoms in total. The zero-order valence-corrected chi connectivity index (χ0v) is 18.5. The molecule has 1 aliphatic heterocycles. The van der Waals surface area contributed by atoms with Gasteiger partial charge in [0.15, 0.2) is 11.5 Å². The highest BCUT2D eigenvalue weighted by Gasteiger charge is 2.30. The van der Waals surface area contributed by atoms with Gasteiger partial charge < -0.3 is 19.1 Å². The minimum absolute atomic E-state index is 0.0866. The Morgan fingerprint density at radius 1 is 1.12 bits per heavy atom. The van der Waals surface area contributed by atoms with E-state index in [2.05, 4.69) is 4.98 Å². The molecule has 3 aromatic rings. The Morgan fingerprint density at radius 2 is 1.85 bits per heavy atom. The molecule has 0 bridgehead atoms. The average molecular weight is 478 g/mol. The molecule has 1 saturated heterocycles. The van der Waals surface area contributed by atoms with E-state index in [1.165, 1.54) is 30.6 Å². The zero-order valence-electron chi connectivity index (χ0n) is 17.7. The lowest BCUT2D eigenvalue weighted by atomic mass is 10.1. The molecule has 1 aliphatic rings.